The maximum atomic E-state index is 11.2. The van der Waals surface area contributed by atoms with Gasteiger partial charge in [0.2, 0.25) is 0 Å². The summed E-state index contributed by atoms with van der Waals surface area (Å²) in [7, 11) is 2.12. The number of rotatable bonds is 7. The molecule has 2 amide bonds. The van der Waals surface area contributed by atoms with E-state index in [2.05, 4.69) is 29.5 Å². The number of carbonyl (C=O) groups excluding carboxylic acids is 1. The third-order valence-corrected chi connectivity index (χ3v) is 2.74. The third-order valence-electron chi connectivity index (χ3n) is 2.74. The van der Waals surface area contributed by atoms with Crippen LogP contribution in [0.1, 0.15) is 32.6 Å². The summed E-state index contributed by atoms with van der Waals surface area (Å²) in [6.07, 6.45) is 4.80. The molecule has 0 aromatic rings. The molecule has 0 heterocycles. The highest BCUT2D eigenvalue weighted by Crippen LogP contribution is 2.24. The Hall–Kier alpha value is -0.770. The SMILES string of the molecule is CCCCNC(=O)NCCN(C)C1CC1. The van der Waals surface area contributed by atoms with Crippen LogP contribution in [-0.2, 0) is 0 Å². The maximum Gasteiger partial charge on any atom is 0.314 e. The third kappa shape index (κ3) is 5.62. The highest BCUT2D eigenvalue weighted by Gasteiger charge is 2.25. The van der Waals surface area contributed by atoms with Crippen LogP contribution in [0.4, 0.5) is 4.79 Å². The number of hydrogen-bond donors (Lipinski definition) is 2. The molecular formula is C11H23N3O. The van der Waals surface area contributed by atoms with Crippen molar-refractivity contribution in [3.05, 3.63) is 0 Å². The van der Waals surface area contributed by atoms with Gasteiger partial charge < -0.3 is 15.5 Å². The minimum absolute atomic E-state index is 0.0346. The van der Waals surface area contributed by atoms with Gasteiger partial charge in [0.25, 0.3) is 0 Å². The van der Waals surface area contributed by atoms with Gasteiger partial charge >= 0.3 is 6.03 Å². The zero-order chi connectivity index (χ0) is 11.1. The molecule has 1 aliphatic carbocycles. The van der Waals surface area contributed by atoms with Crippen LogP contribution in [-0.4, -0.2) is 43.7 Å². The Morgan fingerprint density at radius 1 is 1.33 bits per heavy atom. The molecule has 1 rings (SSSR count). The molecule has 1 saturated carbocycles. The van der Waals surface area contributed by atoms with Crippen LogP contribution in [0.15, 0.2) is 0 Å². The molecule has 0 bridgehead atoms. The molecule has 0 aliphatic heterocycles. The summed E-state index contributed by atoms with van der Waals surface area (Å²) in [5.41, 5.74) is 0. The van der Waals surface area contributed by atoms with Gasteiger partial charge in [-0.2, -0.15) is 0 Å². The fourth-order valence-corrected chi connectivity index (χ4v) is 1.48. The fourth-order valence-electron chi connectivity index (χ4n) is 1.48. The summed E-state index contributed by atoms with van der Waals surface area (Å²) in [5, 5.41) is 5.70. The number of unbranched alkanes of at least 4 members (excludes halogenated alkanes) is 1. The Kier molecular flexibility index (Phi) is 5.47. The Labute approximate surface area is 92.4 Å². The van der Waals surface area contributed by atoms with E-state index in [0.29, 0.717) is 0 Å². The fraction of sp³-hybridized carbons (Fsp3) is 0.909. The molecule has 2 N–H and O–H groups in total. The molecule has 1 aliphatic rings. The number of urea groups is 1. The number of amides is 2. The number of hydrogen-bond acceptors (Lipinski definition) is 2. The van der Waals surface area contributed by atoms with Gasteiger partial charge in [-0.1, -0.05) is 13.3 Å². The number of likely N-dealkylation sites (N-methyl/N-ethyl adjacent to an activating group) is 1. The van der Waals surface area contributed by atoms with Crippen molar-refractivity contribution < 1.29 is 4.79 Å². The second-order valence-electron chi connectivity index (χ2n) is 4.25. The molecule has 0 spiro atoms. The van der Waals surface area contributed by atoms with E-state index in [1.54, 1.807) is 0 Å². The minimum atomic E-state index is -0.0346. The zero-order valence-electron chi connectivity index (χ0n) is 9.88. The summed E-state index contributed by atoms with van der Waals surface area (Å²) in [6.45, 7) is 4.59. The van der Waals surface area contributed by atoms with Crippen LogP contribution in [0.2, 0.25) is 0 Å². The molecule has 0 radical (unpaired) electrons. The lowest BCUT2D eigenvalue weighted by molar-refractivity contribution is 0.237. The predicted molar refractivity (Wildman–Crippen MR) is 62.0 cm³/mol. The van der Waals surface area contributed by atoms with E-state index in [0.717, 1.165) is 38.5 Å². The molecule has 0 atom stereocenters. The van der Waals surface area contributed by atoms with Gasteiger partial charge in [-0.15, -0.1) is 0 Å². The molecule has 4 nitrogen and oxygen atoms in total. The van der Waals surface area contributed by atoms with Crippen LogP contribution in [0.25, 0.3) is 0 Å². The second-order valence-corrected chi connectivity index (χ2v) is 4.25. The number of carbonyl (C=O) groups is 1. The van der Waals surface area contributed by atoms with E-state index in [4.69, 9.17) is 0 Å². The van der Waals surface area contributed by atoms with Gasteiger partial charge in [0.05, 0.1) is 0 Å². The van der Waals surface area contributed by atoms with Gasteiger partial charge in [0.1, 0.15) is 0 Å². The summed E-state index contributed by atoms with van der Waals surface area (Å²) in [5.74, 6) is 0. The molecule has 0 saturated heterocycles. The van der Waals surface area contributed by atoms with Gasteiger partial charge in [-0.25, -0.2) is 4.79 Å². The van der Waals surface area contributed by atoms with Gasteiger partial charge in [0.15, 0.2) is 0 Å². The van der Waals surface area contributed by atoms with E-state index >= 15 is 0 Å². The first-order valence-electron chi connectivity index (χ1n) is 5.96. The highest BCUT2D eigenvalue weighted by molar-refractivity contribution is 5.73. The lowest BCUT2D eigenvalue weighted by Gasteiger charge is -2.15. The Morgan fingerprint density at radius 3 is 2.60 bits per heavy atom. The molecule has 4 heteroatoms. The van der Waals surface area contributed by atoms with Crippen LogP contribution >= 0.6 is 0 Å². The Bertz CT molecular complexity index is 192. The smallest absolute Gasteiger partial charge is 0.314 e. The summed E-state index contributed by atoms with van der Waals surface area (Å²) in [4.78, 5) is 13.6. The first-order valence-corrected chi connectivity index (χ1v) is 5.96. The normalized spacial score (nSPS) is 15.4. The molecule has 0 aromatic heterocycles. The number of nitrogens with one attached hydrogen (secondary N) is 2. The topological polar surface area (TPSA) is 44.4 Å². The summed E-state index contributed by atoms with van der Waals surface area (Å²) in [6, 6.07) is 0.739. The minimum Gasteiger partial charge on any atom is -0.338 e. The first-order chi connectivity index (χ1) is 7.24. The van der Waals surface area contributed by atoms with Gasteiger partial charge in [0, 0.05) is 25.7 Å². The molecule has 0 aromatic carbocycles. The first kappa shape index (κ1) is 12.3. The average Bonchev–Trinajstić information content (AvgIpc) is 3.01. The van der Waals surface area contributed by atoms with E-state index < -0.39 is 0 Å². The van der Waals surface area contributed by atoms with E-state index in [-0.39, 0.29) is 6.03 Å². The van der Waals surface area contributed by atoms with Crippen molar-refractivity contribution in [2.75, 3.05) is 26.7 Å². The monoisotopic (exact) mass is 213 g/mol. The van der Waals surface area contributed by atoms with Gasteiger partial charge in [-0.3, -0.25) is 0 Å². The van der Waals surface area contributed by atoms with Crippen molar-refractivity contribution in [3.8, 4) is 0 Å². The van der Waals surface area contributed by atoms with Crippen LogP contribution in [0.5, 0.6) is 0 Å². The summed E-state index contributed by atoms with van der Waals surface area (Å²) < 4.78 is 0. The van der Waals surface area contributed by atoms with E-state index in [9.17, 15) is 4.79 Å². The lowest BCUT2D eigenvalue weighted by Crippen LogP contribution is -2.40. The van der Waals surface area contributed by atoms with Gasteiger partial charge in [-0.05, 0) is 26.3 Å². The lowest BCUT2D eigenvalue weighted by atomic mass is 10.3. The molecular weight excluding hydrogens is 190 g/mol. The molecule has 88 valence electrons. The van der Waals surface area contributed by atoms with Crippen LogP contribution < -0.4 is 10.6 Å². The van der Waals surface area contributed by atoms with Crippen LogP contribution in [0, 0.1) is 0 Å². The average molecular weight is 213 g/mol. The van der Waals surface area contributed by atoms with Crippen molar-refractivity contribution in [1.29, 1.82) is 0 Å². The van der Waals surface area contributed by atoms with Crippen molar-refractivity contribution in [3.63, 3.8) is 0 Å². The highest BCUT2D eigenvalue weighted by atomic mass is 16.2. The standard InChI is InChI=1S/C11H23N3O/c1-3-4-7-12-11(15)13-8-9-14(2)10-5-6-10/h10H,3-9H2,1-2H3,(H2,12,13,15). The molecule has 0 unspecified atom stereocenters. The Balaban J connectivity index is 1.91. The zero-order valence-corrected chi connectivity index (χ0v) is 9.88. The quantitative estimate of drug-likeness (QED) is 0.624. The summed E-state index contributed by atoms with van der Waals surface area (Å²) >= 11 is 0. The number of nitrogens with zero attached hydrogens (tertiary/aromatic N) is 1. The van der Waals surface area contributed by atoms with E-state index in [1.165, 1.54) is 12.8 Å². The second kappa shape index (κ2) is 6.67. The Morgan fingerprint density at radius 2 is 2.00 bits per heavy atom. The van der Waals surface area contributed by atoms with E-state index in [1.807, 2.05) is 0 Å². The van der Waals surface area contributed by atoms with Crippen molar-refractivity contribution in [1.82, 2.24) is 15.5 Å². The molecule has 15 heavy (non-hydrogen) atoms. The van der Waals surface area contributed by atoms with Crippen molar-refractivity contribution in [2.24, 2.45) is 0 Å². The predicted octanol–water partition coefficient (Wildman–Crippen LogP) is 1.18. The van der Waals surface area contributed by atoms with Crippen molar-refractivity contribution in [2.45, 2.75) is 38.6 Å². The largest absolute Gasteiger partial charge is 0.338 e. The maximum absolute atomic E-state index is 11.2. The molecule has 1 fully saturated rings. The van der Waals surface area contributed by atoms with Crippen LogP contribution in [0.3, 0.4) is 0 Å². The van der Waals surface area contributed by atoms with Crippen molar-refractivity contribution >= 4 is 6.03 Å².